The summed E-state index contributed by atoms with van der Waals surface area (Å²) in [5.41, 5.74) is 5.45. The van der Waals surface area contributed by atoms with Crippen LogP contribution in [0.5, 0.6) is 0 Å². The molecule has 5 heteroatoms. The molecule has 3 N–H and O–H groups in total. The molecular formula is C9H18N4S. The zero-order chi connectivity index (χ0) is 9.97. The minimum Gasteiger partial charge on any atom is -0.370 e. The Morgan fingerprint density at radius 3 is 2.50 bits per heavy atom. The number of piperazine rings is 1. The molecular weight excluding hydrogens is 196 g/mol. The summed E-state index contributed by atoms with van der Waals surface area (Å²) in [6.07, 6.45) is 1.34. The van der Waals surface area contributed by atoms with Gasteiger partial charge in [-0.2, -0.15) is 11.8 Å². The van der Waals surface area contributed by atoms with Gasteiger partial charge in [-0.15, -0.1) is 0 Å². The SMILES string of the molecule is N=C(N)N1CCN(C2CCSC2)CC1. The lowest BCUT2D eigenvalue weighted by molar-refractivity contribution is 0.142. The molecule has 2 saturated heterocycles. The number of guanidine groups is 1. The third-order valence-electron chi connectivity index (χ3n) is 3.08. The van der Waals surface area contributed by atoms with Crippen LogP contribution >= 0.6 is 11.8 Å². The summed E-state index contributed by atoms with van der Waals surface area (Å²) in [5.74, 6) is 2.84. The van der Waals surface area contributed by atoms with Crippen LogP contribution in [0.3, 0.4) is 0 Å². The lowest BCUT2D eigenvalue weighted by Crippen LogP contribution is -2.53. The Morgan fingerprint density at radius 2 is 2.00 bits per heavy atom. The average molecular weight is 214 g/mol. The Balaban J connectivity index is 1.80. The van der Waals surface area contributed by atoms with E-state index in [9.17, 15) is 0 Å². The Kier molecular flexibility index (Phi) is 3.18. The summed E-state index contributed by atoms with van der Waals surface area (Å²) in [7, 11) is 0. The lowest BCUT2D eigenvalue weighted by Gasteiger charge is -2.37. The van der Waals surface area contributed by atoms with Crippen LogP contribution in [-0.2, 0) is 0 Å². The summed E-state index contributed by atoms with van der Waals surface area (Å²) >= 11 is 2.06. The molecule has 14 heavy (non-hydrogen) atoms. The summed E-state index contributed by atoms with van der Waals surface area (Å²) in [6.45, 7) is 4.00. The molecule has 80 valence electrons. The van der Waals surface area contributed by atoms with E-state index in [4.69, 9.17) is 11.1 Å². The highest BCUT2D eigenvalue weighted by atomic mass is 32.2. The quantitative estimate of drug-likeness (QED) is 0.477. The molecule has 0 bridgehead atoms. The second-order valence-corrected chi connectivity index (χ2v) is 5.08. The van der Waals surface area contributed by atoms with Crippen LogP contribution in [0.4, 0.5) is 0 Å². The molecule has 1 unspecified atom stereocenters. The third kappa shape index (κ3) is 2.15. The van der Waals surface area contributed by atoms with Crippen LogP contribution in [0.1, 0.15) is 6.42 Å². The molecule has 0 aliphatic carbocycles. The zero-order valence-corrected chi connectivity index (χ0v) is 9.22. The summed E-state index contributed by atoms with van der Waals surface area (Å²) in [4.78, 5) is 4.51. The van der Waals surface area contributed by atoms with E-state index in [0.29, 0.717) is 0 Å². The monoisotopic (exact) mass is 214 g/mol. The standard InChI is InChI=1S/C9H18N4S/c10-9(11)13-4-2-12(3-5-13)8-1-6-14-7-8/h8H,1-7H2,(H3,10,11). The first kappa shape index (κ1) is 10.1. The van der Waals surface area contributed by atoms with Gasteiger partial charge in [0.25, 0.3) is 0 Å². The molecule has 2 aliphatic rings. The predicted octanol–water partition coefficient (Wildman–Crippen LogP) is 0.00297. The fourth-order valence-electron chi connectivity index (χ4n) is 2.14. The molecule has 1 atom stereocenters. The Hall–Kier alpha value is -0.420. The second kappa shape index (κ2) is 4.40. The number of rotatable bonds is 1. The van der Waals surface area contributed by atoms with Gasteiger partial charge in [0.2, 0.25) is 0 Å². The van der Waals surface area contributed by atoms with Gasteiger partial charge in [0, 0.05) is 38.0 Å². The molecule has 2 fully saturated rings. The normalized spacial score (nSPS) is 29.4. The van der Waals surface area contributed by atoms with Crippen LogP contribution < -0.4 is 5.73 Å². The molecule has 2 heterocycles. The number of nitrogens with zero attached hydrogens (tertiary/aromatic N) is 2. The summed E-state index contributed by atoms with van der Waals surface area (Å²) in [5, 5.41) is 7.35. The van der Waals surface area contributed by atoms with E-state index >= 15 is 0 Å². The van der Waals surface area contributed by atoms with Gasteiger partial charge >= 0.3 is 0 Å². The van der Waals surface area contributed by atoms with E-state index in [-0.39, 0.29) is 5.96 Å². The van der Waals surface area contributed by atoms with Crippen molar-refractivity contribution in [3.05, 3.63) is 0 Å². The fourth-order valence-corrected chi connectivity index (χ4v) is 3.39. The van der Waals surface area contributed by atoms with Gasteiger partial charge in [0.1, 0.15) is 0 Å². The van der Waals surface area contributed by atoms with Gasteiger partial charge in [0.05, 0.1) is 0 Å². The van der Waals surface area contributed by atoms with Gasteiger partial charge in [-0.25, -0.2) is 0 Å². The topological polar surface area (TPSA) is 56.4 Å². The Bertz CT molecular complexity index is 207. The molecule has 0 amide bonds. The van der Waals surface area contributed by atoms with Crippen molar-refractivity contribution in [1.29, 1.82) is 5.41 Å². The van der Waals surface area contributed by atoms with Crippen molar-refractivity contribution in [2.45, 2.75) is 12.5 Å². The van der Waals surface area contributed by atoms with Crippen LogP contribution in [0, 0.1) is 5.41 Å². The number of hydrogen-bond donors (Lipinski definition) is 2. The van der Waals surface area contributed by atoms with Gasteiger partial charge in [-0.3, -0.25) is 10.3 Å². The van der Waals surface area contributed by atoms with Crippen LogP contribution in [0.15, 0.2) is 0 Å². The maximum absolute atomic E-state index is 7.35. The third-order valence-corrected chi connectivity index (χ3v) is 4.22. The van der Waals surface area contributed by atoms with Gasteiger partial charge in [0.15, 0.2) is 5.96 Å². The molecule has 0 aromatic rings. The zero-order valence-electron chi connectivity index (χ0n) is 8.41. The molecule has 0 saturated carbocycles. The predicted molar refractivity (Wildman–Crippen MR) is 60.8 cm³/mol. The molecule has 0 radical (unpaired) electrons. The summed E-state index contributed by atoms with van der Waals surface area (Å²) in [6, 6.07) is 0.786. The maximum Gasteiger partial charge on any atom is 0.188 e. The first-order valence-electron chi connectivity index (χ1n) is 5.18. The number of nitrogens with one attached hydrogen (secondary N) is 1. The first-order chi connectivity index (χ1) is 6.77. The Labute approximate surface area is 89.3 Å². The molecule has 4 nitrogen and oxygen atoms in total. The van der Waals surface area contributed by atoms with Crippen molar-refractivity contribution in [2.75, 3.05) is 37.7 Å². The minimum atomic E-state index is 0.227. The fraction of sp³-hybridized carbons (Fsp3) is 0.889. The minimum absolute atomic E-state index is 0.227. The van der Waals surface area contributed by atoms with Crippen molar-refractivity contribution in [3.63, 3.8) is 0 Å². The van der Waals surface area contributed by atoms with Crippen LogP contribution in [-0.4, -0.2) is 59.5 Å². The van der Waals surface area contributed by atoms with Crippen LogP contribution in [0.2, 0.25) is 0 Å². The van der Waals surface area contributed by atoms with E-state index in [1.165, 1.54) is 17.9 Å². The van der Waals surface area contributed by atoms with Gasteiger partial charge in [-0.05, 0) is 12.2 Å². The average Bonchev–Trinajstić information content (AvgIpc) is 2.71. The van der Waals surface area contributed by atoms with E-state index in [1.54, 1.807) is 0 Å². The van der Waals surface area contributed by atoms with E-state index in [2.05, 4.69) is 16.7 Å². The van der Waals surface area contributed by atoms with Crippen molar-refractivity contribution in [2.24, 2.45) is 5.73 Å². The molecule has 0 aromatic carbocycles. The second-order valence-electron chi connectivity index (χ2n) is 3.93. The van der Waals surface area contributed by atoms with Gasteiger partial charge in [-0.1, -0.05) is 0 Å². The lowest BCUT2D eigenvalue weighted by atomic mass is 10.2. The van der Waals surface area contributed by atoms with E-state index < -0.39 is 0 Å². The highest BCUT2D eigenvalue weighted by molar-refractivity contribution is 7.99. The number of hydrogen-bond acceptors (Lipinski definition) is 3. The largest absolute Gasteiger partial charge is 0.370 e. The van der Waals surface area contributed by atoms with Crippen molar-refractivity contribution in [1.82, 2.24) is 9.80 Å². The van der Waals surface area contributed by atoms with E-state index in [0.717, 1.165) is 32.2 Å². The van der Waals surface area contributed by atoms with Gasteiger partial charge < -0.3 is 10.6 Å². The molecule has 2 aliphatic heterocycles. The highest BCUT2D eigenvalue weighted by Gasteiger charge is 2.26. The molecule has 0 aromatic heterocycles. The first-order valence-corrected chi connectivity index (χ1v) is 6.33. The maximum atomic E-state index is 7.35. The van der Waals surface area contributed by atoms with Crippen LogP contribution in [0.25, 0.3) is 0 Å². The summed E-state index contributed by atoms with van der Waals surface area (Å²) < 4.78 is 0. The highest BCUT2D eigenvalue weighted by Crippen LogP contribution is 2.22. The van der Waals surface area contributed by atoms with Crippen molar-refractivity contribution >= 4 is 17.7 Å². The van der Waals surface area contributed by atoms with E-state index in [1.807, 2.05) is 4.90 Å². The Morgan fingerprint density at radius 1 is 1.29 bits per heavy atom. The molecule has 0 spiro atoms. The number of thioether (sulfide) groups is 1. The number of nitrogens with two attached hydrogens (primary N) is 1. The molecule has 2 rings (SSSR count). The van der Waals surface area contributed by atoms with Crippen molar-refractivity contribution in [3.8, 4) is 0 Å². The van der Waals surface area contributed by atoms with Crippen molar-refractivity contribution < 1.29 is 0 Å². The smallest absolute Gasteiger partial charge is 0.188 e.